The number of rotatable bonds is 15. The summed E-state index contributed by atoms with van der Waals surface area (Å²) < 4.78 is 48.4. The summed E-state index contributed by atoms with van der Waals surface area (Å²) in [4.78, 5) is 29.5. The van der Waals surface area contributed by atoms with Crippen molar-refractivity contribution in [3.63, 3.8) is 0 Å². The number of nitrogens with one attached hydrogen (secondary N) is 1. The summed E-state index contributed by atoms with van der Waals surface area (Å²) in [6, 6.07) is 28.5. The van der Waals surface area contributed by atoms with Gasteiger partial charge in [-0.05, 0) is 72.5 Å². The van der Waals surface area contributed by atoms with Crippen molar-refractivity contribution in [3.05, 3.63) is 126 Å². The smallest absolute Gasteiger partial charge is 0.264 e. The maximum atomic E-state index is 14.5. The van der Waals surface area contributed by atoms with E-state index in [4.69, 9.17) is 4.74 Å². The topological polar surface area (TPSA) is 96.0 Å². The number of sulfonamides is 1. The molecule has 0 heterocycles. The molecule has 0 fully saturated rings. The fourth-order valence-electron chi connectivity index (χ4n) is 4.89. The van der Waals surface area contributed by atoms with Gasteiger partial charge in [-0.15, -0.1) is 0 Å². The van der Waals surface area contributed by atoms with E-state index in [1.165, 1.54) is 4.90 Å². The first-order valence-corrected chi connectivity index (χ1v) is 16.7. The van der Waals surface area contributed by atoms with E-state index < -0.39 is 34.3 Å². The molecule has 0 aliphatic carbocycles. The molecule has 10 heteroatoms. The van der Waals surface area contributed by atoms with Crippen LogP contribution in [0.2, 0.25) is 0 Å². The Morgan fingerprint density at radius 3 is 1.98 bits per heavy atom. The fourth-order valence-corrected chi connectivity index (χ4v) is 6.31. The molecule has 4 rings (SSSR count). The molecular formula is C36H40FN3O5S. The van der Waals surface area contributed by atoms with Crippen molar-refractivity contribution < 1.29 is 27.1 Å². The molecule has 4 aromatic rings. The highest BCUT2D eigenvalue weighted by molar-refractivity contribution is 7.92. The maximum absolute atomic E-state index is 14.5. The summed E-state index contributed by atoms with van der Waals surface area (Å²) in [5, 5.41) is 2.97. The number of benzene rings is 4. The zero-order valence-electron chi connectivity index (χ0n) is 26.3. The van der Waals surface area contributed by atoms with E-state index in [1.807, 2.05) is 81.4 Å². The van der Waals surface area contributed by atoms with Crippen molar-refractivity contribution >= 4 is 27.5 Å². The van der Waals surface area contributed by atoms with E-state index in [-0.39, 0.29) is 35.4 Å². The zero-order chi connectivity index (χ0) is 33.1. The van der Waals surface area contributed by atoms with Gasteiger partial charge in [0.2, 0.25) is 11.8 Å². The molecule has 0 saturated heterocycles. The van der Waals surface area contributed by atoms with Gasteiger partial charge in [-0.1, -0.05) is 74.5 Å². The van der Waals surface area contributed by atoms with Gasteiger partial charge in [0, 0.05) is 19.5 Å². The Balaban J connectivity index is 1.78. The molecule has 1 N–H and O–H groups in total. The molecule has 4 aromatic carbocycles. The molecule has 0 aliphatic rings. The van der Waals surface area contributed by atoms with Gasteiger partial charge >= 0.3 is 0 Å². The van der Waals surface area contributed by atoms with Gasteiger partial charge in [0.15, 0.2) is 0 Å². The van der Waals surface area contributed by atoms with Crippen molar-refractivity contribution in [3.8, 4) is 5.75 Å². The zero-order valence-corrected chi connectivity index (χ0v) is 27.1. The lowest BCUT2D eigenvalue weighted by Gasteiger charge is -2.34. The lowest BCUT2D eigenvalue weighted by Crippen LogP contribution is -2.53. The number of carbonyl (C=O) groups is 2. The van der Waals surface area contributed by atoms with Crippen molar-refractivity contribution in [1.82, 2.24) is 10.2 Å². The second-order valence-electron chi connectivity index (χ2n) is 11.2. The van der Waals surface area contributed by atoms with Gasteiger partial charge in [0.25, 0.3) is 10.0 Å². The molecule has 0 saturated carbocycles. The van der Waals surface area contributed by atoms with Gasteiger partial charge in [-0.2, -0.15) is 0 Å². The van der Waals surface area contributed by atoms with E-state index in [0.717, 1.165) is 39.7 Å². The van der Waals surface area contributed by atoms with Crippen molar-refractivity contribution in [2.75, 3.05) is 24.0 Å². The summed E-state index contributed by atoms with van der Waals surface area (Å²) >= 11 is 0. The molecule has 1 atom stereocenters. The summed E-state index contributed by atoms with van der Waals surface area (Å²) in [6.45, 7) is 6.09. The van der Waals surface area contributed by atoms with Gasteiger partial charge in [0.05, 0.1) is 17.2 Å². The van der Waals surface area contributed by atoms with E-state index in [0.29, 0.717) is 18.9 Å². The lowest BCUT2D eigenvalue weighted by molar-refractivity contribution is -0.140. The number of hydrogen-bond donors (Lipinski definition) is 1. The Labute approximate surface area is 270 Å². The Bertz CT molecular complexity index is 1670. The van der Waals surface area contributed by atoms with Crippen LogP contribution in [-0.2, 0) is 32.6 Å². The van der Waals surface area contributed by atoms with E-state index in [2.05, 4.69) is 5.32 Å². The normalized spacial score (nSPS) is 11.9. The van der Waals surface area contributed by atoms with Crippen molar-refractivity contribution in [2.45, 2.75) is 44.7 Å². The molecule has 0 aromatic heterocycles. The monoisotopic (exact) mass is 645 g/mol. The second-order valence-corrected chi connectivity index (χ2v) is 13.1. The average Bonchev–Trinajstić information content (AvgIpc) is 3.05. The summed E-state index contributed by atoms with van der Waals surface area (Å²) in [6.07, 6.45) is 0.219. The van der Waals surface area contributed by atoms with Gasteiger partial charge in [-0.3, -0.25) is 13.9 Å². The quantitative estimate of drug-likeness (QED) is 0.176. The maximum Gasteiger partial charge on any atom is 0.264 e. The Kier molecular flexibility index (Phi) is 11.9. The molecular weight excluding hydrogens is 605 g/mol. The Morgan fingerprint density at radius 1 is 0.826 bits per heavy atom. The van der Waals surface area contributed by atoms with Crippen LogP contribution in [0.4, 0.5) is 10.1 Å². The number of anilines is 1. The SMILES string of the molecule is CCOc1ccc(N(CC(=O)N(Cc2ccccc2)[C@@H](Cc2ccccc2)C(=O)NCC(C)C)S(=O)(=O)c2ccc(F)cc2)cc1. The van der Waals surface area contributed by atoms with Crippen LogP contribution in [0.3, 0.4) is 0 Å². The average molecular weight is 646 g/mol. The molecule has 0 unspecified atom stereocenters. The fraction of sp³-hybridized carbons (Fsp3) is 0.278. The number of hydrogen-bond acceptors (Lipinski definition) is 5. The van der Waals surface area contributed by atoms with Crippen molar-refractivity contribution in [1.29, 1.82) is 0 Å². The minimum Gasteiger partial charge on any atom is -0.494 e. The highest BCUT2D eigenvalue weighted by Gasteiger charge is 2.34. The van der Waals surface area contributed by atoms with Gasteiger partial charge < -0.3 is 15.0 Å². The third-order valence-electron chi connectivity index (χ3n) is 7.27. The number of nitrogens with zero attached hydrogens (tertiary/aromatic N) is 2. The van der Waals surface area contributed by atoms with Crippen LogP contribution in [0.5, 0.6) is 5.75 Å². The van der Waals surface area contributed by atoms with Crippen LogP contribution in [0.1, 0.15) is 31.9 Å². The van der Waals surface area contributed by atoms with Crippen LogP contribution in [-0.4, -0.2) is 50.9 Å². The highest BCUT2D eigenvalue weighted by atomic mass is 32.2. The van der Waals surface area contributed by atoms with Gasteiger partial charge in [-0.25, -0.2) is 12.8 Å². The number of ether oxygens (including phenoxy) is 1. The predicted molar refractivity (Wildman–Crippen MR) is 177 cm³/mol. The van der Waals surface area contributed by atoms with Crippen LogP contribution in [0.15, 0.2) is 114 Å². The van der Waals surface area contributed by atoms with E-state index in [9.17, 15) is 22.4 Å². The largest absolute Gasteiger partial charge is 0.494 e. The summed E-state index contributed by atoms with van der Waals surface area (Å²) in [5.41, 5.74) is 1.84. The van der Waals surface area contributed by atoms with Crippen LogP contribution in [0, 0.1) is 11.7 Å². The molecule has 8 nitrogen and oxygen atoms in total. The molecule has 0 spiro atoms. The predicted octanol–water partition coefficient (Wildman–Crippen LogP) is 5.83. The first kappa shape index (κ1) is 34.2. The van der Waals surface area contributed by atoms with Crippen LogP contribution >= 0.6 is 0 Å². The minimum atomic E-state index is -4.35. The van der Waals surface area contributed by atoms with Crippen molar-refractivity contribution in [2.24, 2.45) is 5.92 Å². The molecule has 0 radical (unpaired) electrons. The Morgan fingerprint density at radius 2 is 1.41 bits per heavy atom. The summed E-state index contributed by atoms with van der Waals surface area (Å²) in [7, 11) is -4.35. The first-order chi connectivity index (χ1) is 22.1. The molecule has 46 heavy (non-hydrogen) atoms. The first-order valence-electron chi connectivity index (χ1n) is 15.2. The van der Waals surface area contributed by atoms with Crippen LogP contribution < -0.4 is 14.4 Å². The van der Waals surface area contributed by atoms with E-state index >= 15 is 0 Å². The second kappa shape index (κ2) is 16.0. The van der Waals surface area contributed by atoms with Gasteiger partial charge in [0.1, 0.15) is 24.2 Å². The highest BCUT2D eigenvalue weighted by Crippen LogP contribution is 2.27. The van der Waals surface area contributed by atoms with E-state index in [1.54, 1.807) is 24.3 Å². The minimum absolute atomic E-state index is 0.0694. The third-order valence-corrected chi connectivity index (χ3v) is 9.06. The Hall–Kier alpha value is -4.70. The summed E-state index contributed by atoms with van der Waals surface area (Å²) in [5.74, 6) is -0.796. The number of carbonyl (C=O) groups excluding carboxylic acids is 2. The van der Waals surface area contributed by atoms with Crippen LogP contribution in [0.25, 0.3) is 0 Å². The molecule has 0 aliphatic heterocycles. The number of amides is 2. The molecule has 0 bridgehead atoms. The lowest BCUT2D eigenvalue weighted by atomic mass is 10.0. The standard InChI is InChI=1S/C36H40FN3O5S/c1-4-45-32-19-17-31(18-20-32)40(46(43,44)33-21-15-30(37)16-22-33)26-35(41)39(25-29-13-9-6-10-14-29)34(36(42)38-24-27(2)3)23-28-11-7-5-8-12-28/h5-22,27,34H,4,23-26H2,1-3H3,(H,38,42)/t34-/m0/s1. The molecule has 242 valence electrons. The molecule has 2 amide bonds. The number of halogens is 1. The third kappa shape index (κ3) is 9.17.